The van der Waals surface area contributed by atoms with E-state index in [2.05, 4.69) is 25.0 Å². The molecule has 1 N–H and O–H groups in total. The number of hydrogen-bond acceptors (Lipinski definition) is 7. The topological polar surface area (TPSA) is 87.9 Å². The lowest BCUT2D eigenvalue weighted by atomic mass is 10.2. The molecule has 4 rings (SSSR count). The molecular weight excluding hydrogens is 302 g/mol. The van der Waals surface area contributed by atoms with E-state index in [4.69, 9.17) is 4.52 Å². The molecule has 0 saturated carbocycles. The second-order valence-corrected chi connectivity index (χ2v) is 6.36. The molecule has 0 bridgehead atoms. The number of fused-ring (bicyclic) bond motifs is 1. The zero-order chi connectivity index (χ0) is 15.1. The van der Waals surface area contributed by atoms with E-state index in [0.717, 1.165) is 24.9 Å². The molecule has 0 radical (unpaired) electrons. The number of aromatic amines is 1. The molecule has 8 heteroatoms. The van der Waals surface area contributed by atoms with Gasteiger partial charge in [-0.25, -0.2) is 4.98 Å². The zero-order valence-corrected chi connectivity index (χ0v) is 12.9. The molecule has 0 aromatic carbocycles. The van der Waals surface area contributed by atoms with Crippen molar-refractivity contribution in [1.29, 1.82) is 0 Å². The Morgan fingerprint density at radius 1 is 1.50 bits per heavy atom. The minimum absolute atomic E-state index is 0.0684. The van der Waals surface area contributed by atoms with Crippen molar-refractivity contribution in [3.8, 4) is 0 Å². The van der Waals surface area contributed by atoms with Crippen LogP contribution in [-0.4, -0.2) is 31.6 Å². The molecule has 1 saturated heterocycles. The number of nitrogens with one attached hydrogen (secondary N) is 1. The lowest BCUT2D eigenvalue weighted by Gasteiger charge is -2.20. The van der Waals surface area contributed by atoms with E-state index in [1.165, 1.54) is 11.3 Å². The largest absolute Gasteiger partial charge is 0.340 e. The van der Waals surface area contributed by atoms with E-state index in [1.54, 1.807) is 6.92 Å². The first kappa shape index (κ1) is 13.6. The fraction of sp³-hybridized carbons (Fsp3) is 0.429. The summed E-state index contributed by atoms with van der Waals surface area (Å²) in [5.41, 5.74) is 0.691. The molecule has 1 aliphatic heterocycles. The van der Waals surface area contributed by atoms with Gasteiger partial charge in [0.1, 0.15) is 10.5 Å². The van der Waals surface area contributed by atoms with Crippen LogP contribution in [-0.2, 0) is 6.54 Å². The predicted octanol–water partition coefficient (Wildman–Crippen LogP) is 2.01. The lowest BCUT2D eigenvalue weighted by molar-refractivity contribution is 0.228. The van der Waals surface area contributed by atoms with Crippen molar-refractivity contribution >= 4 is 21.6 Å². The van der Waals surface area contributed by atoms with Crippen LogP contribution in [0.2, 0.25) is 0 Å². The molecule has 1 aliphatic rings. The van der Waals surface area contributed by atoms with Crippen molar-refractivity contribution in [2.24, 2.45) is 0 Å². The maximum absolute atomic E-state index is 12.0. The van der Waals surface area contributed by atoms with Gasteiger partial charge in [-0.3, -0.25) is 9.69 Å². The van der Waals surface area contributed by atoms with Crippen molar-refractivity contribution < 1.29 is 4.52 Å². The normalized spacial score (nSPS) is 19.2. The van der Waals surface area contributed by atoms with E-state index in [9.17, 15) is 4.79 Å². The quantitative estimate of drug-likeness (QED) is 0.795. The summed E-state index contributed by atoms with van der Waals surface area (Å²) in [5, 5.41) is 5.92. The van der Waals surface area contributed by atoms with Crippen LogP contribution >= 0.6 is 11.3 Å². The molecule has 0 aliphatic carbocycles. The number of likely N-dealkylation sites (tertiary alicyclic amines) is 1. The van der Waals surface area contributed by atoms with Crippen molar-refractivity contribution in [2.45, 2.75) is 32.4 Å². The van der Waals surface area contributed by atoms with Crippen LogP contribution < -0.4 is 5.56 Å². The first-order valence-corrected chi connectivity index (χ1v) is 8.09. The van der Waals surface area contributed by atoms with Gasteiger partial charge in [-0.1, -0.05) is 5.16 Å². The van der Waals surface area contributed by atoms with Crippen molar-refractivity contribution in [3.63, 3.8) is 0 Å². The van der Waals surface area contributed by atoms with Gasteiger partial charge in [-0.05, 0) is 30.8 Å². The molecule has 114 valence electrons. The fourth-order valence-electron chi connectivity index (χ4n) is 2.95. The van der Waals surface area contributed by atoms with Crippen LogP contribution in [0.3, 0.4) is 0 Å². The molecule has 0 spiro atoms. The molecule has 22 heavy (non-hydrogen) atoms. The van der Waals surface area contributed by atoms with Crippen LogP contribution in [0.15, 0.2) is 20.8 Å². The van der Waals surface area contributed by atoms with E-state index in [1.807, 2.05) is 11.4 Å². The lowest BCUT2D eigenvalue weighted by Crippen LogP contribution is -2.26. The Hall–Kier alpha value is -2.06. The number of hydrogen-bond donors (Lipinski definition) is 1. The Bertz CT molecular complexity index is 867. The van der Waals surface area contributed by atoms with E-state index in [0.29, 0.717) is 28.8 Å². The van der Waals surface area contributed by atoms with Gasteiger partial charge in [0.05, 0.1) is 18.1 Å². The Labute approximate surface area is 130 Å². The van der Waals surface area contributed by atoms with Gasteiger partial charge < -0.3 is 9.51 Å². The first-order valence-electron chi connectivity index (χ1n) is 7.21. The summed E-state index contributed by atoms with van der Waals surface area (Å²) in [4.78, 5) is 26.0. The highest BCUT2D eigenvalue weighted by molar-refractivity contribution is 7.17. The first-order chi connectivity index (χ1) is 10.7. The number of aryl methyl sites for hydroxylation is 1. The molecule has 0 amide bonds. The molecule has 3 aromatic rings. The van der Waals surface area contributed by atoms with E-state index in [-0.39, 0.29) is 11.6 Å². The van der Waals surface area contributed by atoms with Gasteiger partial charge in [0.15, 0.2) is 5.82 Å². The molecule has 7 nitrogen and oxygen atoms in total. The third-order valence-electron chi connectivity index (χ3n) is 3.92. The minimum atomic E-state index is -0.0684. The standard InChI is InChI=1S/C14H15N5O2S/c1-8-15-13(18-21-8)10-3-2-5-19(10)7-11-16-9-4-6-22-12(9)14(20)17-11/h4,6,10H,2-3,5,7H2,1H3,(H,16,17,20)/t10-/m0/s1. The van der Waals surface area contributed by atoms with Crippen molar-refractivity contribution in [2.75, 3.05) is 6.54 Å². The van der Waals surface area contributed by atoms with Crippen LogP contribution in [0.5, 0.6) is 0 Å². The van der Waals surface area contributed by atoms with Gasteiger partial charge in [-0.15, -0.1) is 11.3 Å². The van der Waals surface area contributed by atoms with E-state index < -0.39 is 0 Å². The Morgan fingerprint density at radius 3 is 3.23 bits per heavy atom. The van der Waals surface area contributed by atoms with Crippen LogP contribution in [0.1, 0.15) is 36.4 Å². The van der Waals surface area contributed by atoms with Crippen LogP contribution in [0.4, 0.5) is 0 Å². The Kier molecular flexibility index (Phi) is 3.27. The van der Waals surface area contributed by atoms with Crippen LogP contribution in [0.25, 0.3) is 10.2 Å². The maximum atomic E-state index is 12.0. The van der Waals surface area contributed by atoms with Crippen molar-refractivity contribution in [3.05, 3.63) is 39.3 Å². The molecule has 1 fully saturated rings. The highest BCUT2D eigenvalue weighted by atomic mass is 32.1. The van der Waals surface area contributed by atoms with Gasteiger partial charge >= 0.3 is 0 Å². The third-order valence-corrected chi connectivity index (χ3v) is 4.82. The average molecular weight is 317 g/mol. The zero-order valence-electron chi connectivity index (χ0n) is 12.1. The number of aromatic nitrogens is 4. The summed E-state index contributed by atoms with van der Waals surface area (Å²) in [6.45, 7) is 3.31. The average Bonchev–Trinajstić information content (AvgIpc) is 3.19. The third kappa shape index (κ3) is 2.34. The number of H-pyrrole nitrogens is 1. The van der Waals surface area contributed by atoms with E-state index >= 15 is 0 Å². The summed E-state index contributed by atoms with van der Waals surface area (Å²) < 4.78 is 5.76. The Balaban J connectivity index is 1.62. The summed E-state index contributed by atoms with van der Waals surface area (Å²) in [6, 6.07) is 2.00. The Morgan fingerprint density at radius 2 is 2.41 bits per heavy atom. The van der Waals surface area contributed by atoms with Gasteiger partial charge in [0.2, 0.25) is 5.89 Å². The second-order valence-electron chi connectivity index (χ2n) is 5.45. The molecule has 4 heterocycles. The summed E-state index contributed by atoms with van der Waals surface area (Å²) >= 11 is 1.41. The predicted molar refractivity (Wildman–Crippen MR) is 81.7 cm³/mol. The SMILES string of the molecule is Cc1nc([C@@H]2CCCN2Cc2nc3ccsc3c(=O)[nH]2)no1. The second kappa shape index (κ2) is 5.29. The molecule has 0 unspecified atom stereocenters. The number of thiophene rings is 1. The van der Waals surface area contributed by atoms with Gasteiger partial charge in [0.25, 0.3) is 5.56 Å². The fourth-order valence-corrected chi connectivity index (χ4v) is 3.67. The highest BCUT2D eigenvalue weighted by Gasteiger charge is 2.30. The molecular formula is C14H15N5O2S. The van der Waals surface area contributed by atoms with Crippen LogP contribution in [0, 0.1) is 6.92 Å². The monoisotopic (exact) mass is 317 g/mol. The maximum Gasteiger partial charge on any atom is 0.268 e. The van der Waals surface area contributed by atoms with Gasteiger partial charge in [-0.2, -0.15) is 4.98 Å². The minimum Gasteiger partial charge on any atom is -0.340 e. The highest BCUT2D eigenvalue weighted by Crippen LogP contribution is 2.31. The molecule has 1 atom stereocenters. The smallest absolute Gasteiger partial charge is 0.268 e. The summed E-state index contributed by atoms with van der Waals surface area (Å²) in [5.74, 6) is 1.98. The summed E-state index contributed by atoms with van der Waals surface area (Å²) in [6.07, 6.45) is 2.06. The van der Waals surface area contributed by atoms with Gasteiger partial charge in [0, 0.05) is 6.92 Å². The number of nitrogens with zero attached hydrogens (tertiary/aromatic N) is 4. The summed E-state index contributed by atoms with van der Waals surface area (Å²) in [7, 11) is 0. The molecule has 3 aromatic heterocycles. The number of rotatable bonds is 3. The van der Waals surface area contributed by atoms with Crippen molar-refractivity contribution in [1.82, 2.24) is 25.0 Å².